The van der Waals surface area contributed by atoms with E-state index in [1.165, 1.54) is 167 Å². The zero-order valence-electron chi connectivity index (χ0n) is 56.2. The maximum atomic E-state index is 13.0. The van der Waals surface area contributed by atoms with Gasteiger partial charge in [0.2, 0.25) is 0 Å². The first-order valence-corrected chi connectivity index (χ1v) is 38.6. The standard InChI is InChI=1S/C68H132O17P2/c1-6-9-12-15-17-19-21-22-23-24-25-26-27-28-29-30-31-33-35-37-43-48-53-67(72)84-64(58-79-66(71)52-47-42-36-34-32-20-18-16-13-10-7-2)60-83-87(76,77)81-56-62(69)55-80-86(74,75)82-59-63(57-78-65(70)51-46-40-14-11-8-3)85-68(73)54-49-44-39-38-41-45-50-61(4)5/h61-64,69H,6-60H2,1-5H3,(H,74,75)(H,76,77)/t62-,63+,64+/m0/s1. The van der Waals surface area contributed by atoms with Crippen LogP contribution in [-0.4, -0.2) is 96.7 Å². The van der Waals surface area contributed by atoms with Crippen LogP contribution < -0.4 is 0 Å². The lowest BCUT2D eigenvalue weighted by Crippen LogP contribution is -2.30. The lowest BCUT2D eigenvalue weighted by atomic mass is 10.0. The van der Waals surface area contributed by atoms with E-state index in [0.29, 0.717) is 31.6 Å². The smallest absolute Gasteiger partial charge is 0.462 e. The van der Waals surface area contributed by atoms with Crippen LogP contribution in [0.15, 0.2) is 0 Å². The fourth-order valence-corrected chi connectivity index (χ4v) is 11.9. The van der Waals surface area contributed by atoms with E-state index in [9.17, 15) is 43.2 Å². The summed E-state index contributed by atoms with van der Waals surface area (Å²) in [6, 6.07) is 0. The van der Waals surface area contributed by atoms with Crippen molar-refractivity contribution in [2.75, 3.05) is 39.6 Å². The molecule has 0 saturated heterocycles. The molecular formula is C68H132O17P2. The molecule has 2 unspecified atom stereocenters. The summed E-state index contributed by atoms with van der Waals surface area (Å²) in [6.45, 7) is 7.03. The van der Waals surface area contributed by atoms with Gasteiger partial charge in [0.1, 0.15) is 19.3 Å². The molecule has 0 aliphatic rings. The third-order valence-corrected chi connectivity index (χ3v) is 17.7. The fourth-order valence-electron chi connectivity index (χ4n) is 10.3. The molecule has 0 aromatic heterocycles. The molecule has 0 aliphatic heterocycles. The van der Waals surface area contributed by atoms with Crippen LogP contribution in [0.25, 0.3) is 0 Å². The number of carbonyl (C=O) groups is 4. The van der Waals surface area contributed by atoms with Gasteiger partial charge in [0, 0.05) is 25.7 Å². The van der Waals surface area contributed by atoms with Gasteiger partial charge in [-0.25, -0.2) is 9.13 Å². The molecule has 17 nitrogen and oxygen atoms in total. The maximum absolute atomic E-state index is 13.0. The minimum Gasteiger partial charge on any atom is -0.462 e. The van der Waals surface area contributed by atoms with Crippen LogP contribution in [0.2, 0.25) is 0 Å². The predicted molar refractivity (Wildman–Crippen MR) is 349 cm³/mol. The molecule has 516 valence electrons. The molecule has 0 rings (SSSR count). The molecule has 0 heterocycles. The van der Waals surface area contributed by atoms with E-state index in [-0.39, 0.29) is 25.7 Å². The Hall–Kier alpha value is -1.94. The second-order valence-corrected chi connectivity index (χ2v) is 27.9. The molecule has 87 heavy (non-hydrogen) atoms. The normalized spacial score (nSPS) is 14.1. The molecule has 0 saturated carbocycles. The van der Waals surface area contributed by atoms with Crippen molar-refractivity contribution in [3.63, 3.8) is 0 Å². The average Bonchev–Trinajstić information content (AvgIpc) is 3.69. The minimum atomic E-state index is -4.95. The van der Waals surface area contributed by atoms with Gasteiger partial charge >= 0.3 is 39.5 Å². The van der Waals surface area contributed by atoms with Crippen LogP contribution in [0.4, 0.5) is 0 Å². The number of aliphatic hydroxyl groups excluding tert-OH is 1. The monoisotopic (exact) mass is 1280 g/mol. The van der Waals surface area contributed by atoms with Crippen molar-refractivity contribution < 1.29 is 80.2 Å². The second-order valence-electron chi connectivity index (χ2n) is 25.0. The van der Waals surface area contributed by atoms with Gasteiger partial charge in [-0.15, -0.1) is 0 Å². The van der Waals surface area contributed by atoms with Gasteiger partial charge < -0.3 is 33.8 Å². The van der Waals surface area contributed by atoms with Crippen LogP contribution in [-0.2, 0) is 65.4 Å². The van der Waals surface area contributed by atoms with Gasteiger partial charge in [0.05, 0.1) is 26.4 Å². The molecule has 0 radical (unpaired) electrons. The van der Waals surface area contributed by atoms with Crippen molar-refractivity contribution in [3.8, 4) is 0 Å². The number of hydrogen-bond donors (Lipinski definition) is 3. The van der Waals surface area contributed by atoms with Crippen LogP contribution in [0.3, 0.4) is 0 Å². The first kappa shape index (κ1) is 85.1. The second kappa shape index (κ2) is 61.6. The van der Waals surface area contributed by atoms with Gasteiger partial charge in [-0.05, 0) is 31.6 Å². The van der Waals surface area contributed by atoms with Gasteiger partial charge in [0.15, 0.2) is 12.2 Å². The number of rotatable bonds is 68. The third-order valence-electron chi connectivity index (χ3n) is 15.8. The van der Waals surface area contributed by atoms with Gasteiger partial charge in [-0.2, -0.15) is 0 Å². The number of esters is 4. The molecule has 0 aromatic rings. The first-order chi connectivity index (χ1) is 42.0. The zero-order valence-corrected chi connectivity index (χ0v) is 57.9. The van der Waals surface area contributed by atoms with Crippen molar-refractivity contribution in [1.82, 2.24) is 0 Å². The Balaban J connectivity index is 5.06. The summed E-state index contributed by atoms with van der Waals surface area (Å²) in [4.78, 5) is 72.0. The maximum Gasteiger partial charge on any atom is 0.472 e. The summed E-state index contributed by atoms with van der Waals surface area (Å²) >= 11 is 0. The molecule has 0 fully saturated rings. The molecule has 0 amide bonds. The number of carbonyl (C=O) groups excluding carboxylic acids is 4. The average molecular weight is 1280 g/mol. The molecule has 0 aliphatic carbocycles. The topological polar surface area (TPSA) is 237 Å². The van der Waals surface area contributed by atoms with Crippen molar-refractivity contribution in [1.29, 1.82) is 0 Å². The SMILES string of the molecule is CCCCCCCCCCCCCCCCCCCCCCCCC(=O)O[C@H](COC(=O)CCCCCCCCCCCCC)COP(=O)(O)OC[C@@H](O)COP(=O)(O)OC[C@@H](COC(=O)CCCCCCC)OC(=O)CCCCCCCCC(C)C. The molecule has 0 aromatic carbocycles. The van der Waals surface area contributed by atoms with Crippen LogP contribution in [0.1, 0.15) is 349 Å². The van der Waals surface area contributed by atoms with E-state index in [1.807, 2.05) is 0 Å². The summed E-state index contributed by atoms with van der Waals surface area (Å²) in [6.07, 6.45) is 48.0. The van der Waals surface area contributed by atoms with Gasteiger partial charge in [-0.3, -0.25) is 37.3 Å². The number of phosphoric ester groups is 2. The van der Waals surface area contributed by atoms with E-state index in [0.717, 1.165) is 96.3 Å². The number of aliphatic hydroxyl groups is 1. The van der Waals surface area contributed by atoms with E-state index in [2.05, 4.69) is 34.6 Å². The fraction of sp³-hybridized carbons (Fsp3) is 0.941. The zero-order chi connectivity index (χ0) is 64.2. The summed E-state index contributed by atoms with van der Waals surface area (Å²) in [7, 11) is -9.88. The van der Waals surface area contributed by atoms with Crippen LogP contribution in [0.5, 0.6) is 0 Å². The number of ether oxygens (including phenoxy) is 4. The number of unbranched alkanes of at least 4 members (excludes halogenated alkanes) is 40. The lowest BCUT2D eigenvalue weighted by molar-refractivity contribution is -0.161. The van der Waals surface area contributed by atoms with Crippen molar-refractivity contribution in [2.45, 2.75) is 368 Å². The summed E-state index contributed by atoms with van der Waals surface area (Å²) in [5, 5.41) is 10.5. The van der Waals surface area contributed by atoms with E-state index < -0.39 is 97.5 Å². The van der Waals surface area contributed by atoms with E-state index in [4.69, 9.17) is 37.0 Å². The number of phosphoric acid groups is 2. The highest BCUT2D eigenvalue weighted by molar-refractivity contribution is 7.47. The molecule has 3 N–H and O–H groups in total. The summed E-state index contributed by atoms with van der Waals surface area (Å²) in [5.41, 5.74) is 0. The Morgan fingerprint density at radius 2 is 0.529 bits per heavy atom. The van der Waals surface area contributed by atoms with Crippen LogP contribution >= 0.6 is 15.6 Å². The highest BCUT2D eigenvalue weighted by Crippen LogP contribution is 2.45. The van der Waals surface area contributed by atoms with E-state index in [1.54, 1.807) is 0 Å². The Morgan fingerprint density at radius 3 is 0.782 bits per heavy atom. The Bertz CT molecular complexity index is 1690. The van der Waals surface area contributed by atoms with E-state index >= 15 is 0 Å². The van der Waals surface area contributed by atoms with Crippen molar-refractivity contribution >= 4 is 39.5 Å². The number of hydrogen-bond acceptors (Lipinski definition) is 15. The molecule has 19 heteroatoms. The highest BCUT2D eigenvalue weighted by atomic mass is 31.2. The lowest BCUT2D eigenvalue weighted by Gasteiger charge is -2.21. The van der Waals surface area contributed by atoms with Gasteiger partial charge in [0.25, 0.3) is 0 Å². The van der Waals surface area contributed by atoms with Crippen molar-refractivity contribution in [2.24, 2.45) is 5.92 Å². The third kappa shape index (κ3) is 62.6. The Labute approximate surface area is 530 Å². The van der Waals surface area contributed by atoms with Gasteiger partial charge in [-0.1, -0.05) is 298 Å². The predicted octanol–water partition coefficient (Wildman–Crippen LogP) is 19.4. The molecule has 0 bridgehead atoms. The van der Waals surface area contributed by atoms with Crippen LogP contribution in [0, 0.1) is 5.92 Å². The Morgan fingerprint density at radius 1 is 0.310 bits per heavy atom. The largest absolute Gasteiger partial charge is 0.472 e. The quantitative estimate of drug-likeness (QED) is 0.0222. The highest BCUT2D eigenvalue weighted by Gasteiger charge is 2.30. The Kier molecular flexibility index (Phi) is 60.2. The molecule has 5 atom stereocenters. The first-order valence-electron chi connectivity index (χ1n) is 35.6. The molecular weight excluding hydrogens is 1150 g/mol. The van der Waals surface area contributed by atoms with Crippen molar-refractivity contribution in [3.05, 3.63) is 0 Å². The summed E-state index contributed by atoms with van der Waals surface area (Å²) in [5.74, 6) is -1.47. The molecule has 0 spiro atoms. The minimum absolute atomic E-state index is 0.101. The summed E-state index contributed by atoms with van der Waals surface area (Å²) < 4.78 is 67.9.